The summed E-state index contributed by atoms with van der Waals surface area (Å²) in [4.78, 5) is 13.8. The summed E-state index contributed by atoms with van der Waals surface area (Å²) >= 11 is 0. The van der Waals surface area contributed by atoms with Crippen LogP contribution in [0.5, 0.6) is 0 Å². The third-order valence-electron chi connectivity index (χ3n) is 3.30. The summed E-state index contributed by atoms with van der Waals surface area (Å²) in [5.74, 6) is 0.0756. The number of rotatable bonds is 4. The molecule has 0 bridgehead atoms. The van der Waals surface area contributed by atoms with Gasteiger partial charge in [-0.25, -0.2) is 0 Å². The Morgan fingerprint density at radius 3 is 2.40 bits per heavy atom. The van der Waals surface area contributed by atoms with E-state index in [1.54, 1.807) is 18.0 Å². The number of aryl methyl sites for hydroxylation is 1. The predicted molar refractivity (Wildman–Crippen MR) is 83.4 cm³/mol. The molecular weight excluding hydrogens is 250 g/mol. The number of amides is 1. The molecule has 0 aromatic heterocycles. The average molecular weight is 269 g/mol. The number of hydrogen-bond acceptors (Lipinski definition) is 3. The van der Waals surface area contributed by atoms with Crippen LogP contribution < -0.4 is 16.4 Å². The number of nitrogen functional groups attached to an aromatic ring is 2. The zero-order valence-corrected chi connectivity index (χ0v) is 11.5. The summed E-state index contributed by atoms with van der Waals surface area (Å²) < 4.78 is 0. The number of carbonyl (C=O) groups excluding carboxylic acids is 1. The standard InChI is InChI=1S/C16H19N3O/c1-19(13-5-3-2-4-6-13)16(20)10-8-12-7-9-14(17)15(18)11-12/h2-7,9,11H,8,10,17-18H2,1H3. The van der Waals surface area contributed by atoms with E-state index >= 15 is 0 Å². The van der Waals surface area contributed by atoms with Crippen LogP contribution in [0.1, 0.15) is 12.0 Å². The highest BCUT2D eigenvalue weighted by Gasteiger charge is 2.10. The molecule has 4 N–H and O–H groups in total. The minimum Gasteiger partial charge on any atom is -0.397 e. The molecule has 0 heterocycles. The number of para-hydroxylation sites is 1. The maximum absolute atomic E-state index is 12.1. The lowest BCUT2D eigenvalue weighted by Gasteiger charge is -2.17. The molecule has 0 atom stereocenters. The number of nitrogens with two attached hydrogens (primary N) is 2. The van der Waals surface area contributed by atoms with Gasteiger partial charge in [-0.15, -0.1) is 0 Å². The van der Waals surface area contributed by atoms with Crippen LogP contribution in [0.3, 0.4) is 0 Å². The van der Waals surface area contributed by atoms with Crippen molar-refractivity contribution in [3.05, 3.63) is 54.1 Å². The Bertz CT molecular complexity index is 596. The second-order valence-corrected chi connectivity index (χ2v) is 4.75. The lowest BCUT2D eigenvalue weighted by molar-refractivity contribution is -0.118. The van der Waals surface area contributed by atoms with Crippen LogP contribution in [0, 0.1) is 0 Å². The number of anilines is 3. The SMILES string of the molecule is CN(C(=O)CCc1ccc(N)c(N)c1)c1ccccc1. The lowest BCUT2D eigenvalue weighted by atomic mass is 10.1. The number of carbonyl (C=O) groups is 1. The summed E-state index contributed by atoms with van der Waals surface area (Å²) in [6.45, 7) is 0. The van der Waals surface area contributed by atoms with E-state index in [2.05, 4.69) is 0 Å². The van der Waals surface area contributed by atoms with Crippen molar-refractivity contribution < 1.29 is 4.79 Å². The third-order valence-corrected chi connectivity index (χ3v) is 3.30. The normalized spacial score (nSPS) is 10.2. The maximum Gasteiger partial charge on any atom is 0.227 e. The van der Waals surface area contributed by atoms with Gasteiger partial charge < -0.3 is 16.4 Å². The van der Waals surface area contributed by atoms with Crippen molar-refractivity contribution in [2.45, 2.75) is 12.8 Å². The topological polar surface area (TPSA) is 72.3 Å². The Balaban J connectivity index is 1.96. The average Bonchev–Trinajstić information content (AvgIpc) is 2.48. The van der Waals surface area contributed by atoms with Crippen molar-refractivity contribution in [1.82, 2.24) is 0 Å². The van der Waals surface area contributed by atoms with Crippen molar-refractivity contribution in [2.75, 3.05) is 23.4 Å². The van der Waals surface area contributed by atoms with Crippen LogP contribution in [0.15, 0.2) is 48.5 Å². The maximum atomic E-state index is 12.1. The molecule has 0 aliphatic carbocycles. The van der Waals surface area contributed by atoms with E-state index in [-0.39, 0.29) is 5.91 Å². The van der Waals surface area contributed by atoms with E-state index in [9.17, 15) is 4.79 Å². The van der Waals surface area contributed by atoms with Crippen LogP contribution in [0.2, 0.25) is 0 Å². The smallest absolute Gasteiger partial charge is 0.227 e. The highest BCUT2D eigenvalue weighted by atomic mass is 16.2. The molecule has 2 aromatic carbocycles. The van der Waals surface area contributed by atoms with Gasteiger partial charge in [-0.2, -0.15) is 0 Å². The summed E-state index contributed by atoms with van der Waals surface area (Å²) in [7, 11) is 1.79. The molecule has 0 saturated carbocycles. The summed E-state index contributed by atoms with van der Waals surface area (Å²) in [6.07, 6.45) is 1.09. The number of nitrogens with zero attached hydrogens (tertiary/aromatic N) is 1. The van der Waals surface area contributed by atoms with Crippen molar-refractivity contribution in [1.29, 1.82) is 0 Å². The number of benzene rings is 2. The zero-order valence-electron chi connectivity index (χ0n) is 11.5. The molecule has 2 rings (SSSR count). The van der Waals surface area contributed by atoms with Gasteiger partial charge in [0.1, 0.15) is 0 Å². The summed E-state index contributed by atoms with van der Waals surface area (Å²) in [5.41, 5.74) is 14.5. The van der Waals surface area contributed by atoms with Crippen LogP contribution in [-0.2, 0) is 11.2 Å². The zero-order chi connectivity index (χ0) is 14.5. The monoisotopic (exact) mass is 269 g/mol. The van der Waals surface area contributed by atoms with E-state index < -0.39 is 0 Å². The van der Waals surface area contributed by atoms with Gasteiger partial charge in [0, 0.05) is 19.2 Å². The fourth-order valence-electron chi connectivity index (χ4n) is 1.99. The minimum atomic E-state index is 0.0756. The molecule has 0 spiro atoms. The van der Waals surface area contributed by atoms with Crippen molar-refractivity contribution >= 4 is 23.0 Å². The van der Waals surface area contributed by atoms with Crippen molar-refractivity contribution in [2.24, 2.45) is 0 Å². The molecule has 4 heteroatoms. The van der Waals surface area contributed by atoms with Gasteiger partial charge in [-0.05, 0) is 36.2 Å². The summed E-state index contributed by atoms with van der Waals surface area (Å²) in [6, 6.07) is 15.1. The highest BCUT2D eigenvalue weighted by Crippen LogP contribution is 2.18. The quantitative estimate of drug-likeness (QED) is 0.837. The summed E-state index contributed by atoms with van der Waals surface area (Å²) in [5, 5.41) is 0. The van der Waals surface area contributed by atoms with Crippen molar-refractivity contribution in [3.8, 4) is 0 Å². The van der Waals surface area contributed by atoms with E-state index in [0.29, 0.717) is 24.2 Å². The molecule has 0 unspecified atom stereocenters. The second-order valence-electron chi connectivity index (χ2n) is 4.75. The minimum absolute atomic E-state index is 0.0756. The predicted octanol–water partition coefficient (Wildman–Crippen LogP) is 2.45. The van der Waals surface area contributed by atoms with Crippen LogP contribution >= 0.6 is 0 Å². The molecule has 1 amide bonds. The fraction of sp³-hybridized carbons (Fsp3) is 0.188. The molecule has 0 aliphatic rings. The van der Waals surface area contributed by atoms with E-state index in [4.69, 9.17) is 11.5 Å². The molecule has 20 heavy (non-hydrogen) atoms. The molecule has 104 valence electrons. The molecule has 4 nitrogen and oxygen atoms in total. The molecule has 0 aliphatic heterocycles. The number of hydrogen-bond donors (Lipinski definition) is 2. The van der Waals surface area contributed by atoms with Gasteiger partial charge in [0.25, 0.3) is 0 Å². The molecule has 0 saturated heterocycles. The van der Waals surface area contributed by atoms with Crippen LogP contribution in [0.4, 0.5) is 17.1 Å². The van der Waals surface area contributed by atoms with Gasteiger partial charge in [-0.1, -0.05) is 24.3 Å². The lowest BCUT2D eigenvalue weighted by Crippen LogP contribution is -2.26. The Kier molecular flexibility index (Phi) is 4.25. The molecule has 2 aromatic rings. The Morgan fingerprint density at radius 2 is 1.75 bits per heavy atom. The van der Waals surface area contributed by atoms with Crippen molar-refractivity contribution in [3.63, 3.8) is 0 Å². The Morgan fingerprint density at radius 1 is 1.05 bits per heavy atom. The first-order valence-electron chi connectivity index (χ1n) is 6.53. The first kappa shape index (κ1) is 13.9. The first-order valence-corrected chi connectivity index (χ1v) is 6.53. The van der Waals surface area contributed by atoms with E-state index in [0.717, 1.165) is 11.3 Å². The van der Waals surface area contributed by atoms with Gasteiger partial charge in [0.2, 0.25) is 5.91 Å². The fourth-order valence-corrected chi connectivity index (χ4v) is 1.99. The highest BCUT2D eigenvalue weighted by molar-refractivity contribution is 5.92. The molecule has 0 fully saturated rings. The first-order chi connectivity index (χ1) is 9.58. The van der Waals surface area contributed by atoms with Gasteiger partial charge in [0.05, 0.1) is 11.4 Å². The van der Waals surface area contributed by atoms with Crippen LogP contribution in [-0.4, -0.2) is 13.0 Å². The molecular formula is C16H19N3O. The van der Waals surface area contributed by atoms with Gasteiger partial charge in [0.15, 0.2) is 0 Å². The Hall–Kier alpha value is -2.49. The van der Waals surface area contributed by atoms with Gasteiger partial charge >= 0.3 is 0 Å². The third kappa shape index (κ3) is 3.29. The molecule has 0 radical (unpaired) electrons. The van der Waals surface area contributed by atoms with E-state index in [1.165, 1.54) is 0 Å². The van der Waals surface area contributed by atoms with Crippen LogP contribution in [0.25, 0.3) is 0 Å². The second kappa shape index (κ2) is 6.10. The van der Waals surface area contributed by atoms with Gasteiger partial charge in [-0.3, -0.25) is 4.79 Å². The Labute approximate surface area is 119 Å². The largest absolute Gasteiger partial charge is 0.397 e. The van der Waals surface area contributed by atoms with E-state index in [1.807, 2.05) is 42.5 Å².